The molecule has 0 aliphatic rings. The van der Waals surface area contributed by atoms with E-state index in [2.05, 4.69) is 11.7 Å². The van der Waals surface area contributed by atoms with Crippen LogP contribution in [0.2, 0.25) is 0 Å². The van der Waals surface area contributed by atoms with E-state index in [1.54, 1.807) is 7.11 Å². The Kier molecular flexibility index (Phi) is 8.70. The summed E-state index contributed by atoms with van der Waals surface area (Å²) in [6.07, 6.45) is 0. The van der Waals surface area contributed by atoms with Crippen molar-refractivity contribution in [3.63, 3.8) is 0 Å². The Hall–Kier alpha value is 2.50. The minimum atomic E-state index is -1.71. The Bertz CT molecular complexity index is 156. The summed E-state index contributed by atoms with van der Waals surface area (Å²) in [5, 5.41) is 0. The number of rotatable bonds is 5. The zero-order valence-electron chi connectivity index (χ0n) is 4.71. The van der Waals surface area contributed by atoms with Gasteiger partial charge in [0.1, 0.15) is 0 Å². The van der Waals surface area contributed by atoms with Crippen molar-refractivity contribution in [2.24, 2.45) is 0 Å². The fraction of sp³-hybridized carbons (Fsp3) is 1.00. The second-order valence-corrected chi connectivity index (χ2v) is 15.4. The van der Waals surface area contributed by atoms with Gasteiger partial charge < -0.3 is 4.18 Å². The summed E-state index contributed by atoms with van der Waals surface area (Å²) in [4.78, 5) is 0. The summed E-state index contributed by atoms with van der Waals surface area (Å²) in [7, 11) is 7.34. The van der Waals surface area contributed by atoms with E-state index >= 15 is 0 Å². The zero-order chi connectivity index (χ0) is 8.04. The SMILES string of the molecule is COS(=S)(=S)SSSSS. The molecule has 0 N–H and O–H groups in total. The molecule has 62 valence electrons. The normalized spacial score (nSPS) is 11.8. The van der Waals surface area contributed by atoms with E-state index < -0.39 is 6.46 Å². The van der Waals surface area contributed by atoms with Gasteiger partial charge >= 0.3 is 0 Å². The highest BCUT2D eigenvalue weighted by atomic mass is 33.9. The van der Waals surface area contributed by atoms with Crippen molar-refractivity contribution in [1.29, 1.82) is 0 Å². The molecule has 0 saturated heterocycles. The van der Waals surface area contributed by atoms with Crippen LogP contribution in [-0.4, -0.2) is 7.11 Å². The highest BCUT2D eigenvalue weighted by molar-refractivity contribution is 9.42. The largest absolute Gasteiger partial charge is 0.305 e. The minimum absolute atomic E-state index is 1.37. The molecule has 1 nitrogen and oxygen atoms in total. The first-order valence-corrected chi connectivity index (χ1v) is 11.6. The molecule has 0 amide bonds. The van der Waals surface area contributed by atoms with E-state index in [0.29, 0.717) is 0 Å². The van der Waals surface area contributed by atoms with Gasteiger partial charge in [-0.15, -0.1) is 0 Å². The lowest BCUT2D eigenvalue weighted by atomic mass is 11.8. The van der Waals surface area contributed by atoms with Crippen LogP contribution in [0.4, 0.5) is 0 Å². The van der Waals surface area contributed by atoms with Crippen molar-refractivity contribution in [2.75, 3.05) is 7.11 Å². The van der Waals surface area contributed by atoms with Gasteiger partial charge in [0.15, 0.2) is 0 Å². The first-order chi connectivity index (χ1) is 4.62. The molecule has 0 fully saturated rings. The summed E-state index contributed by atoms with van der Waals surface area (Å²) < 4.78 is 4.89. The van der Waals surface area contributed by atoms with Gasteiger partial charge in [0.25, 0.3) is 0 Å². The summed E-state index contributed by atoms with van der Waals surface area (Å²) in [5.41, 5.74) is 0. The van der Waals surface area contributed by atoms with Crippen LogP contribution < -0.4 is 0 Å². The van der Waals surface area contributed by atoms with Gasteiger partial charge in [-0.2, -0.15) is 0 Å². The van der Waals surface area contributed by atoms with Gasteiger partial charge in [-0.05, 0) is 42.0 Å². The van der Waals surface area contributed by atoms with Gasteiger partial charge in [-0.25, -0.2) is 0 Å². The molecule has 0 aliphatic heterocycles. The summed E-state index contributed by atoms with van der Waals surface area (Å²) in [6, 6.07) is 0. The third-order valence-electron chi connectivity index (χ3n) is 0.373. The third kappa shape index (κ3) is 7.17. The minimum Gasteiger partial charge on any atom is -0.305 e. The molecule has 0 atom stereocenters. The van der Waals surface area contributed by atoms with Crippen LogP contribution in [0.15, 0.2) is 0 Å². The van der Waals surface area contributed by atoms with E-state index in [-0.39, 0.29) is 0 Å². The molecule has 0 bridgehead atoms. The molecule has 0 aromatic carbocycles. The van der Waals surface area contributed by atoms with E-state index in [1.165, 1.54) is 39.3 Å². The molecule has 0 aromatic heterocycles. The molecule has 0 radical (unpaired) electrons. The topological polar surface area (TPSA) is 9.23 Å². The predicted octanol–water partition coefficient (Wildman–Crippen LogP) is 3.06. The molecule has 9 heteroatoms. The lowest BCUT2D eigenvalue weighted by Crippen LogP contribution is -1.87. The third-order valence-corrected chi connectivity index (χ3v) is 14.1. The van der Waals surface area contributed by atoms with Crippen molar-refractivity contribution in [2.45, 2.75) is 0 Å². The molecule has 0 rings (SSSR count). The first kappa shape index (κ1) is 12.5. The average molecular weight is 289 g/mol. The van der Waals surface area contributed by atoms with Crippen LogP contribution in [0.3, 0.4) is 0 Å². The van der Waals surface area contributed by atoms with Crippen LogP contribution in [0.25, 0.3) is 0 Å². The molecule has 0 saturated carbocycles. The van der Waals surface area contributed by atoms with Gasteiger partial charge in [-0.3, -0.25) is 0 Å². The molecule has 0 aliphatic carbocycles. The van der Waals surface area contributed by atoms with E-state index in [9.17, 15) is 0 Å². The molecule has 10 heavy (non-hydrogen) atoms. The Balaban J connectivity index is 3.49. The van der Waals surface area contributed by atoms with E-state index in [1.807, 2.05) is 0 Å². The maximum absolute atomic E-state index is 4.93. The Morgan fingerprint density at radius 2 is 2.00 bits per heavy atom. The Morgan fingerprint density at radius 3 is 2.40 bits per heavy atom. The summed E-state index contributed by atoms with van der Waals surface area (Å²) in [6.45, 7) is -1.71. The van der Waals surface area contributed by atoms with E-state index in [4.69, 9.17) is 26.6 Å². The van der Waals surface area contributed by atoms with Gasteiger partial charge in [0.2, 0.25) is 0 Å². The predicted molar refractivity (Wildman–Crippen MR) is 68.5 cm³/mol. The smallest absolute Gasteiger partial charge is 0.0817 e. The monoisotopic (exact) mass is 288 g/mol. The van der Waals surface area contributed by atoms with E-state index in [0.717, 1.165) is 0 Å². The number of hydrogen-bond donors (Lipinski definition) is 1. The lowest BCUT2D eigenvalue weighted by molar-refractivity contribution is 0.491. The van der Waals surface area contributed by atoms with Crippen LogP contribution in [0, 0.1) is 0 Å². The van der Waals surface area contributed by atoms with Crippen molar-refractivity contribution in [3.05, 3.63) is 0 Å². The molecular formula is CH4OS8. The number of hydrogen-bond acceptors (Lipinski definition) is 8. The maximum atomic E-state index is 4.93. The Morgan fingerprint density at radius 1 is 1.40 bits per heavy atom. The first-order valence-electron chi connectivity index (χ1n) is 1.76. The van der Waals surface area contributed by atoms with Crippen LogP contribution in [0.5, 0.6) is 0 Å². The van der Waals surface area contributed by atoms with Crippen molar-refractivity contribution in [1.82, 2.24) is 0 Å². The lowest BCUT2D eigenvalue weighted by Gasteiger charge is -2.02. The fourth-order valence-electron chi connectivity index (χ4n) is 0.0856. The highest BCUT2D eigenvalue weighted by Crippen LogP contribution is 2.47. The summed E-state index contributed by atoms with van der Waals surface area (Å²) in [5.74, 6) is 0. The van der Waals surface area contributed by atoms with Crippen LogP contribution in [-0.2, 0) is 33.0 Å². The van der Waals surface area contributed by atoms with Gasteiger partial charge in [-0.1, -0.05) is 11.7 Å². The van der Waals surface area contributed by atoms with Gasteiger partial charge in [0.05, 0.1) is 13.6 Å². The second-order valence-electron chi connectivity index (χ2n) is 0.854. The quantitative estimate of drug-likeness (QED) is 0.467. The van der Waals surface area contributed by atoms with Crippen molar-refractivity contribution < 1.29 is 4.18 Å². The molecule has 0 unspecified atom stereocenters. The van der Waals surface area contributed by atoms with Crippen LogP contribution >= 0.6 is 51.0 Å². The van der Waals surface area contributed by atoms with Gasteiger partial charge in [0, 0.05) is 19.7 Å². The van der Waals surface area contributed by atoms with Crippen LogP contribution in [0.1, 0.15) is 0 Å². The molecule has 0 spiro atoms. The average Bonchev–Trinajstić information content (AvgIpc) is 1.89. The van der Waals surface area contributed by atoms with Crippen molar-refractivity contribution >= 4 is 79.8 Å². The molecular weight excluding hydrogens is 285 g/mol. The standard InChI is InChI=1S/CH4OS8/c1-2-10(4,5)9-8-7-6-3/h3H,1H3. The molecule has 0 aromatic rings. The maximum Gasteiger partial charge on any atom is 0.0817 e. The van der Waals surface area contributed by atoms with Crippen molar-refractivity contribution in [3.8, 4) is 0 Å². The Labute approximate surface area is 90.0 Å². The molecule has 0 heterocycles. The second kappa shape index (κ2) is 6.96. The highest BCUT2D eigenvalue weighted by Gasteiger charge is 2.00. The zero-order valence-corrected chi connectivity index (χ0v) is 11.3. The summed E-state index contributed by atoms with van der Waals surface area (Å²) >= 11 is 13.8. The fourth-order valence-corrected chi connectivity index (χ4v) is 13.0. The number of thiol groups is 1.